The van der Waals surface area contributed by atoms with Crippen molar-refractivity contribution >= 4 is 0 Å². The molecule has 3 nitrogen and oxygen atoms in total. The van der Waals surface area contributed by atoms with Gasteiger partial charge in [0.05, 0.1) is 13.2 Å². The van der Waals surface area contributed by atoms with Gasteiger partial charge in [0.1, 0.15) is 0 Å². The Bertz CT molecular complexity index is 419. The zero-order valence-corrected chi connectivity index (χ0v) is 11.6. The molecule has 1 atom stereocenters. The number of hydrogen-bond acceptors (Lipinski definition) is 3. The Morgan fingerprint density at radius 2 is 2.16 bits per heavy atom. The van der Waals surface area contributed by atoms with Crippen LogP contribution in [0.1, 0.15) is 37.8 Å². The molecule has 0 heterocycles. The van der Waals surface area contributed by atoms with Crippen molar-refractivity contribution in [1.82, 2.24) is 0 Å². The molecule has 0 saturated heterocycles. The van der Waals surface area contributed by atoms with Crippen molar-refractivity contribution in [3.05, 3.63) is 29.6 Å². The average molecular weight is 267 g/mol. The smallest absolute Gasteiger partial charge is 0.169 e. The Kier molecular flexibility index (Phi) is 4.77. The van der Waals surface area contributed by atoms with Gasteiger partial charge in [0.15, 0.2) is 11.6 Å². The fourth-order valence-electron chi connectivity index (χ4n) is 2.70. The summed E-state index contributed by atoms with van der Waals surface area (Å²) in [5.74, 6) is 0.462. The van der Waals surface area contributed by atoms with Gasteiger partial charge in [-0.05, 0) is 38.2 Å². The monoisotopic (exact) mass is 267 g/mol. The second kappa shape index (κ2) is 6.35. The number of methoxy groups -OCH3 is 1. The average Bonchev–Trinajstić information content (AvgIpc) is 2.36. The van der Waals surface area contributed by atoms with Crippen molar-refractivity contribution in [2.75, 3.05) is 13.7 Å². The number of ether oxygens (including phenoxy) is 2. The van der Waals surface area contributed by atoms with E-state index >= 15 is 0 Å². The van der Waals surface area contributed by atoms with Crippen LogP contribution >= 0.6 is 0 Å². The van der Waals surface area contributed by atoms with E-state index in [0.29, 0.717) is 17.6 Å². The molecule has 106 valence electrons. The zero-order valence-electron chi connectivity index (χ0n) is 11.6. The molecule has 1 fully saturated rings. The zero-order chi connectivity index (χ0) is 13.8. The third-order valence-corrected chi connectivity index (χ3v) is 3.79. The van der Waals surface area contributed by atoms with Crippen LogP contribution in [0.2, 0.25) is 0 Å². The fourth-order valence-corrected chi connectivity index (χ4v) is 2.70. The van der Waals surface area contributed by atoms with Gasteiger partial charge in [0.25, 0.3) is 0 Å². The number of rotatable bonds is 6. The molecular weight excluding hydrogens is 245 g/mol. The first-order chi connectivity index (χ1) is 9.15. The molecule has 2 rings (SSSR count). The van der Waals surface area contributed by atoms with E-state index < -0.39 is 0 Å². The maximum absolute atomic E-state index is 14.1. The molecule has 1 saturated carbocycles. The van der Waals surface area contributed by atoms with Crippen molar-refractivity contribution in [1.29, 1.82) is 0 Å². The van der Waals surface area contributed by atoms with E-state index in [-0.39, 0.29) is 17.6 Å². The summed E-state index contributed by atoms with van der Waals surface area (Å²) in [6.07, 6.45) is 3.24. The first kappa shape index (κ1) is 14.3. The molecule has 1 aliphatic rings. The van der Waals surface area contributed by atoms with E-state index in [1.54, 1.807) is 18.2 Å². The van der Waals surface area contributed by atoms with Crippen LogP contribution in [0.4, 0.5) is 4.39 Å². The predicted octanol–water partition coefficient (Wildman–Crippen LogP) is 3.04. The minimum atomic E-state index is -0.335. The number of halogens is 1. The third kappa shape index (κ3) is 3.25. The van der Waals surface area contributed by atoms with Gasteiger partial charge < -0.3 is 15.2 Å². The van der Waals surface area contributed by atoms with Gasteiger partial charge in [0, 0.05) is 18.2 Å². The van der Waals surface area contributed by atoms with Gasteiger partial charge in [-0.1, -0.05) is 12.1 Å². The third-order valence-electron chi connectivity index (χ3n) is 3.79. The molecule has 1 aliphatic carbocycles. The van der Waals surface area contributed by atoms with Gasteiger partial charge in [0.2, 0.25) is 0 Å². The van der Waals surface area contributed by atoms with Crippen LogP contribution in [0.25, 0.3) is 0 Å². The quantitative estimate of drug-likeness (QED) is 0.861. The lowest BCUT2D eigenvalue weighted by atomic mass is 9.77. The summed E-state index contributed by atoms with van der Waals surface area (Å²) in [6.45, 7) is 2.76. The van der Waals surface area contributed by atoms with E-state index in [9.17, 15) is 4.39 Å². The first-order valence-electron chi connectivity index (χ1n) is 6.85. The van der Waals surface area contributed by atoms with Crippen LogP contribution in [-0.4, -0.2) is 19.8 Å². The Balaban J connectivity index is 1.92. The van der Waals surface area contributed by atoms with Crippen molar-refractivity contribution in [3.8, 4) is 5.75 Å². The Morgan fingerprint density at radius 1 is 1.42 bits per heavy atom. The number of hydrogen-bond donors (Lipinski definition) is 1. The van der Waals surface area contributed by atoms with Crippen LogP contribution in [-0.2, 0) is 4.74 Å². The lowest BCUT2D eigenvalue weighted by molar-refractivity contribution is -0.0282. The molecule has 0 bridgehead atoms. The summed E-state index contributed by atoms with van der Waals surface area (Å²) in [5, 5.41) is 0. The largest absolute Gasteiger partial charge is 0.494 e. The maximum atomic E-state index is 14.1. The molecule has 0 aliphatic heterocycles. The summed E-state index contributed by atoms with van der Waals surface area (Å²) in [5.41, 5.74) is 6.65. The minimum Gasteiger partial charge on any atom is -0.494 e. The highest BCUT2D eigenvalue weighted by atomic mass is 19.1. The van der Waals surface area contributed by atoms with E-state index in [4.69, 9.17) is 15.2 Å². The lowest BCUT2D eigenvalue weighted by Gasteiger charge is -2.36. The van der Waals surface area contributed by atoms with Gasteiger partial charge in [-0.25, -0.2) is 4.39 Å². The Hall–Kier alpha value is -1.13. The van der Waals surface area contributed by atoms with Crippen molar-refractivity contribution < 1.29 is 13.9 Å². The fraction of sp³-hybridized carbons (Fsp3) is 0.600. The molecule has 0 amide bonds. The lowest BCUT2D eigenvalue weighted by Crippen LogP contribution is -2.33. The van der Waals surface area contributed by atoms with Crippen LogP contribution < -0.4 is 10.5 Å². The molecule has 1 aromatic rings. The number of benzene rings is 1. The first-order valence-corrected chi connectivity index (χ1v) is 6.85. The summed E-state index contributed by atoms with van der Waals surface area (Å²) in [6, 6.07) is 4.85. The van der Waals surface area contributed by atoms with E-state index in [1.165, 1.54) is 7.11 Å². The molecule has 4 heteroatoms. The molecule has 0 spiro atoms. The molecule has 1 unspecified atom stereocenters. The standard InChI is InChI=1S/C15H22FNO2/c1-3-19-11-7-10(8-11)9-13(17)12-5-4-6-14(18-2)15(12)16/h4-6,10-11,13H,3,7-9,17H2,1-2H3. The second-order valence-corrected chi connectivity index (χ2v) is 5.12. The summed E-state index contributed by atoms with van der Waals surface area (Å²) in [4.78, 5) is 0. The van der Waals surface area contributed by atoms with E-state index in [2.05, 4.69) is 0 Å². The van der Waals surface area contributed by atoms with Crippen LogP contribution in [0, 0.1) is 11.7 Å². The number of nitrogens with two attached hydrogens (primary N) is 1. The van der Waals surface area contributed by atoms with Crippen molar-refractivity contribution in [3.63, 3.8) is 0 Å². The minimum absolute atomic E-state index is 0.258. The van der Waals surface area contributed by atoms with Gasteiger partial charge in [-0.15, -0.1) is 0 Å². The Labute approximate surface area is 113 Å². The molecule has 2 N–H and O–H groups in total. The molecule has 0 aromatic heterocycles. The Morgan fingerprint density at radius 3 is 2.79 bits per heavy atom. The van der Waals surface area contributed by atoms with E-state index in [1.807, 2.05) is 6.92 Å². The SMILES string of the molecule is CCOC1CC(CC(N)c2cccc(OC)c2F)C1. The van der Waals surface area contributed by atoms with Crippen molar-refractivity contribution in [2.45, 2.75) is 38.3 Å². The van der Waals surface area contributed by atoms with Gasteiger partial charge in [-0.3, -0.25) is 0 Å². The molecule has 1 aromatic carbocycles. The summed E-state index contributed by atoms with van der Waals surface area (Å²) >= 11 is 0. The van der Waals surface area contributed by atoms with Crippen LogP contribution in [0.15, 0.2) is 18.2 Å². The van der Waals surface area contributed by atoms with E-state index in [0.717, 1.165) is 25.9 Å². The topological polar surface area (TPSA) is 44.5 Å². The second-order valence-electron chi connectivity index (χ2n) is 5.12. The van der Waals surface area contributed by atoms with Crippen LogP contribution in [0.5, 0.6) is 5.75 Å². The van der Waals surface area contributed by atoms with Gasteiger partial charge >= 0.3 is 0 Å². The highest BCUT2D eigenvalue weighted by Gasteiger charge is 2.31. The normalized spacial score (nSPS) is 23.8. The highest BCUT2D eigenvalue weighted by molar-refractivity contribution is 5.32. The summed E-state index contributed by atoms with van der Waals surface area (Å²) < 4.78 is 24.6. The summed E-state index contributed by atoms with van der Waals surface area (Å²) in [7, 11) is 1.46. The molecule has 19 heavy (non-hydrogen) atoms. The highest BCUT2D eigenvalue weighted by Crippen LogP contribution is 2.37. The molecular formula is C15H22FNO2. The predicted molar refractivity (Wildman–Crippen MR) is 72.6 cm³/mol. The maximum Gasteiger partial charge on any atom is 0.169 e. The van der Waals surface area contributed by atoms with Crippen LogP contribution in [0.3, 0.4) is 0 Å². The van der Waals surface area contributed by atoms with Gasteiger partial charge in [-0.2, -0.15) is 0 Å². The molecule has 0 radical (unpaired) electrons. The van der Waals surface area contributed by atoms with Crippen molar-refractivity contribution in [2.24, 2.45) is 11.7 Å².